The van der Waals surface area contributed by atoms with Crippen LogP contribution >= 0.6 is 11.6 Å². The van der Waals surface area contributed by atoms with E-state index in [9.17, 15) is 4.39 Å². The van der Waals surface area contributed by atoms with Crippen molar-refractivity contribution in [2.75, 3.05) is 13.7 Å². The van der Waals surface area contributed by atoms with E-state index in [0.717, 1.165) is 12.8 Å². The minimum Gasteiger partial charge on any atom is -0.385 e. The lowest BCUT2D eigenvalue weighted by atomic mass is 10.0. The average Bonchev–Trinajstić information content (AvgIpc) is 2.29. The Labute approximate surface area is 99.7 Å². The Hall–Kier alpha value is -0.680. The predicted octanol–water partition coefficient (Wildman–Crippen LogP) is 2.41. The highest BCUT2D eigenvalue weighted by molar-refractivity contribution is 6.31. The first-order valence-corrected chi connectivity index (χ1v) is 5.47. The zero-order chi connectivity index (χ0) is 12.0. The molecular weight excluding hydrogens is 231 g/mol. The summed E-state index contributed by atoms with van der Waals surface area (Å²) in [7, 11) is 1.64. The van der Waals surface area contributed by atoms with Gasteiger partial charge in [0.15, 0.2) is 0 Å². The van der Waals surface area contributed by atoms with Crippen molar-refractivity contribution in [1.29, 1.82) is 0 Å². The van der Waals surface area contributed by atoms with Crippen LogP contribution < -0.4 is 11.3 Å². The normalized spacial score (nSPS) is 12.8. The van der Waals surface area contributed by atoms with Gasteiger partial charge in [-0.3, -0.25) is 11.3 Å². The van der Waals surface area contributed by atoms with Crippen LogP contribution in [-0.4, -0.2) is 13.7 Å². The van der Waals surface area contributed by atoms with Crippen LogP contribution in [0.1, 0.15) is 24.4 Å². The van der Waals surface area contributed by atoms with E-state index in [1.54, 1.807) is 19.2 Å². The Bertz CT molecular complexity index is 336. The van der Waals surface area contributed by atoms with Gasteiger partial charge in [0.2, 0.25) is 0 Å². The molecule has 1 atom stereocenters. The van der Waals surface area contributed by atoms with Gasteiger partial charge < -0.3 is 4.74 Å². The van der Waals surface area contributed by atoms with Crippen LogP contribution in [0.25, 0.3) is 0 Å². The molecule has 0 aliphatic rings. The first-order valence-electron chi connectivity index (χ1n) is 5.09. The third kappa shape index (κ3) is 3.42. The van der Waals surface area contributed by atoms with Crippen molar-refractivity contribution in [3.05, 3.63) is 34.6 Å². The van der Waals surface area contributed by atoms with Crippen molar-refractivity contribution < 1.29 is 9.13 Å². The zero-order valence-corrected chi connectivity index (χ0v) is 9.93. The fraction of sp³-hybridized carbons (Fsp3) is 0.455. The van der Waals surface area contributed by atoms with E-state index in [1.807, 2.05) is 0 Å². The third-order valence-corrected chi connectivity index (χ3v) is 2.80. The van der Waals surface area contributed by atoms with Gasteiger partial charge in [-0.1, -0.05) is 23.7 Å². The van der Waals surface area contributed by atoms with E-state index in [4.69, 9.17) is 22.2 Å². The molecule has 5 heteroatoms. The summed E-state index contributed by atoms with van der Waals surface area (Å²) in [6.07, 6.45) is 1.58. The number of rotatable bonds is 6. The van der Waals surface area contributed by atoms with Gasteiger partial charge in [-0.2, -0.15) is 0 Å². The Balaban J connectivity index is 2.74. The van der Waals surface area contributed by atoms with Crippen molar-refractivity contribution in [2.45, 2.75) is 18.9 Å². The van der Waals surface area contributed by atoms with Crippen LogP contribution in [0.5, 0.6) is 0 Å². The SMILES string of the molecule is COCCCC(NN)c1cccc(F)c1Cl. The van der Waals surface area contributed by atoms with Crippen molar-refractivity contribution in [2.24, 2.45) is 5.84 Å². The maximum Gasteiger partial charge on any atom is 0.142 e. The summed E-state index contributed by atoms with van der Waals surface area (Å²) in [5, 5.41) is 0.128. The van der Waals surface area contributed by atoms with Crippen molar-refractivity contribution in [1.82, 2.24) is 5.43 Å². The molecule has 1 aromatic carbocycles. The second kappa shape index (κ2) is 6.81. The summed E-state index contributed by atoms with van der Waals surface area (Å²) in [5.41, 5.74) is 3.32. The molecule has 16 heavy (non-hydrogen) atoms. The minimum absolute atomic E-state index is 0.128. The Kier molecular flexibility index (Phi) is 5.69. The van der Waals surface area contributed by atoms with Gasteiger partial charge in [0.1, 0.15) is 5.82 Å². The number of halogens is 2. The average molecular weight is 247 g/mol. The topological polar surface area (TPSA) is 47.3 Å². The highest BCUT2D eigenvalue weighted by Crippen LogP contribution is 2.27. The van der Waals surface area contributed by atoms with Gasteiger partial charge in [0, 0.05) is 19.8 Å². The Morgan fingerprint density at radius 1 is 1.56 bits per heavy atom. The van der Waals surface area contributed by atoms with Crippen LogP contribution in [0.15, 0.2) is 18.2 Å². The highest BCUT2D eigenvalue weighted by Gasteiger charge is 2.15. The fourth-order valence-electron chi connectivity index (χ4n) is 1.55. The van der Waals surface area contributed by atoms with E-state index >= 15 is 0 Å². The smallest absolute Gasteiger partial charge is 0.142 e. The van der Waals surface area contributed by atoms with Crippen molar-refractivity contribution in [3.63, 3.8) is 0 Å². The number of ether oxygens (including phenoxy) is 1. The van der Waals surface area contributed by atoms with Gasteiger partial charge in [-0.25, -0.2) is 4.39 Å². The molecule has 0 fully saturated rings. The van der Waals surface area contributed by atoms with E-state index in [1.165, 1.54) is 6.07 Å². The molecule has 90 valence electrons. The van der Waals surface area contributed by atoms with Gasteiger partial charge in [-0.05, 0) is 24.5 Å². The summed E-state index contributed by atoms with van der Waals surface area (Å²) in [6.45, 7) is 0.644. The van der Waals surface area contributed by atoms with Crippen LogP contribution in [-0.2, 0) is 4.74 Å². The molecule has 0 aromatic heterocycles. The second-order valence-electron chi connectivity index (χ2n) is 3.50. The lowest BCUT2D eigenvalue weighted by Gasteiger charge is -2.17. The van der Waals surface area contributed by atoms with Crippen molar-refractivity contribution >= 4 is 11.6 Å². The van der Waals surface area contributed by atoms with Crippen LogP contribution in [0.4, 0.5) is 4.39 Å². The molecule has 0 spiro atoms. The highest BCUT2D eigenvalue weighted by atomic mass is 35.5. The molecule has 0 saturated carbocycles. The molecule has 0 bridgehead atoms. The number of hydrogen-bond donors (Lipinski definition) is 2. The zero-order valence-electron chi connectivity index (χ0n) is 9.17. The monoisotopic (exact) mass is 246 g/mol. The molecule has 0 radical (unpaired) electrons. The van der Waals surface area contributed by atoms with E-state index in [0.29, 0.717) is 12.2 Å². The summed E-state index contributed by atoms with van der Waals surface area (Å²) in [4.78, 5) is 0. The standard InChI is InChI=1S/C11H16ClFN2O/c1-16-7-3-6-10(15-14)8-4-2-5-9(13)11(8)12/h2,4-5,10,15H,3,6-7,14H2,1H3. The first kappa shape index (κ1) is 13.4. The first-order chi connectivity index (χ1) is 7.70. The molecule has 1 rings (SSSR count). The van der Waals surface area contributed by atoms with Crippen LogP contribution in [0, 0.1) is 5.82 Å². The quantitative estimate of drug-likeness (QED) is 0.460. The number of benzene rings is 1. The molecule has 0 heterocycles. The largest absolute Gasteiger partial charge is 0.385 e. The molecule has 0 aliphatic carbocycles. The number of hydrogen-bond acceptors (Lipinski definition) is 3. The lowest BCUT2D eigenvalue weighted by Crippen LogP contribution is -2.28. The Morgan fingerprint density at radius 2 is 2.31 bits per heavy atom. The number of nitrogens with two attached hydrogens (primary N) is 1. The van der Waals surface area contributed by atoms with E-state index in [2.05, 4.69) is 5.43 Å². The summed E-state index contributed by atoms with van der Waals surface area (Å²) in [5.74, 6) is 5.01. The lowest BCUT2D eigenvalue weighted by molar-refractivity contribution is 0.189. The van der Waals surface area contributed by atoms with Gasteiger partial charge >= 0.3 is 0 Å². The Morgan fingerprint density at radius 3 is 2.94 bits per heavy atom. The van der Waals surface area contributed by atoms with E-state index < -0.39 is 5.82 Å². The molecular formula is C11H16ClFN2O. The van der Waals surface area contributed by atoms with Crippen molar-refractivity contribution in [3.8, 4) is 0 Å². The minimum atomic E-state index is -0.425. The van der Waals surface area contributed by atoms with Gasteiger partial charge in [0.05, 0.1) is 5.02 Å². The molecule has 1 unspecified atom stereocenters. The molecule has 3 nitrogen and oxygen atoms in total. The fourth-order valence-corrected chi connectivity index (χ4v) is 1.81. The summed E-state index contributed by atoms with van der Waals surface area (Å²) < 4.78 is 18.2. The van der Waals surface area contributed by atoms with Crippen LogP contribution in [0.3, 0.4) is 0 Å². The maximum absolute atomic E-state index is 13.2. The summed E-state index contributed by atoms with van der Waals surface area (Å²) >= 11 is 5.88. The molecule has 0 saturated heterocycles. The van der Waals surface area contributed by atoms with Gasteiger partial charge in [0.25, 0.3) is 0 Å². The molecule has 1 aromatic rings. The number of nitrogens with one attached hydrogen (secondary N) is 1. The number of hydrazine groups is 1. The van der Waals surface area contributed by atoms with Crippen LogP contribution in [0.2, 0.25) is 5.02 Å². The van der Waals surface area contributed by atoms with E-state index in [-0.39, 0.29) is 11.1 Å². The molecule has 3 N–H and O–H groups in total. The molecule has 0 amide bonds. The molecule has 0 aliphatic heterocycles. The third-order valence-electron chi connectivity index (χ3n) is 2.40. The predicted molar refractivity (Wildman–Crippen MR) is 62.6 cm³/mol. The van der Waals surface area contributed by atoms with Gasteiger partial charge in [-0.15, -0.1) is 0 Å². The summed E-state index contributed by atoms with van der Waals surface area (Å²) in [6, 6.07) is 4.56. The number of methoxy groups -OCH3 is 1. The second-order valence-corrected chi connectivity index (χ2v) is 3.88. The maximum atomic E-state index is 13.2.